The molecule has 0 radical (unpaired) electrons. The van der Waals surface area contributed by atoms with Crippen molar-refractivity contribution >= 4 is 15.5 Å². The zero-order valence-corrected chi connectivity index (χ0v) is 10.0. The Morgan fingerprint density at radius 1 is 1.38 bits per heavy atom. The van der Waals surface area contributed by atoms with Gasteiger partial charge in [-0.05, 0) is 30.5 Å². The second-order valence-corrected chi connectivity index (χ2v) is 6.49. The fourth-order valence-corrected chi connectivity index (χ4v) is 2.78. The van der Waals surface area contributed by atoms with Crippen LogP contribution in [0.15, 0.2) is 23.1 Å². The molecule has 0 amide bonds. The Bertz CT molecular complexity index is 519. The lowest BCUT2D eigenvalue weighted by molar-refractivity contribution is 0.601. The summed E-state index contributed by atoms with van der Waals surface area (Å²) >= 11 is 0. The van der Waals surface area contributed by atoms with Gasteiger partial charge in [-0.15, -0.1) is 0 Å². The molecule has 0 aromatic heterocycles. The zero-order valence-electron chi connectivity index (χ0n) is 9.23. The predicted molar refractivity (Wildman–Crippen MR) is 63.9 cm³/mol. The third-order valence-electron chi connectivity index (χ3n) is 3.27. The first kappa shape index (κ1) is 11.4. The van der Waals surface area contributed by atoms with Crippen LogP contribution in [0, 0.1) is 0 Å². The van der Waals surface area contributed by atoms with Gasteiger partial charge >= 0.3 is 0 Å². The first-order chi connectivity index (χ1) is 7.39. The van der Waals surface area contributed by atoms with E-state index in [1.54, 1.807) is 12.1 Å². The predicted octanol–water partition coefficient (Wildman–Crippen LogP) is 0.663. The number of nitrogens with two attached hydrogens (primary N) is 2. The lowest BCUT2D eigenvalue weighted by Gasteiger charge is -2.14. The van der Waals surface area contributed by atoms with E-state index in [-0.39, 0.29) is 10.3 Å². The molecule has 0 atom stereocenters. The van der Waals surface area contributed by atoms with Crippen LogP contribution in [-0.4, -0.2) is 21.2 Å². The molecular weight excluding hydrogens is 224 g/mol. The van der Waals surface area contributed by atoms with Crippen LogP contribution in [0.1, 0.15) is 18.4 Å². The van der Waals surface area contributed by atoms with Gasteiger partial charge in [0.1, 0.15) is 0 Å². The van der Waals surface area contributed by atoms with Gasteiger partial charge in [0.05, 0.1) is 10.6 Å². The van der Waals surface area contributed by atoms with Crippen molar-refractivity contribution in [1.82, 2.24) is 0 Å². The fourth-order valence-electron chi connectivity index (χ4n) is 1.95. The van der Waals surface area contributed by atoms with E-state index >= 15 is 0 Å². The molecule has 1 saturated carbocycles. The van der Waals surface area contributed by atoms with E-state index in [9.17, 15) is 8.42 Å². The van der Waals surface area contributed by atoms with Gasteiger partial charge in [-0.1, -0.05) is 6.07 Å². The van der Waals surface area contributed by atoms with Crippen molar-refractivity contribution in [3.8, 4) is 0 Å². The van der Waals surface area contributed by atoms with E-state index in [0.29, 0.717) is 12.2 Å². The minimum Gasteiger partial charge on any atom is -0.398 e. The third kappa shape index (κ3) is 1.81. The molecule has 0 saturated heterocycles. The summed E-state index contributed by atoms with van der Waals surface area (Å²) in [6.07, 6.45) is 3.22. The van der Waals surface area contributed by atoms with Gasteiger partial charge < -0.3 is 11.5 Å². The minimum atomic E-state index is -3.26. The maximum absolute atomic E-state index is 11.5. The fraction of sp³-hybridized carbons (Fsp3) is 0.455. The Kier molecular flexibility index (Phi) is 2.47. The van der Waals surface area contributed by atoms with Crippen molar-refractivity contribution in [2.75, 3.05) is 18.5 Å². The molecule has 88 valence electrons. The molecule has 0 spiro atoms. The topological polar surface area (TPSA) is 86.2 Å². The average molecular weight is 240 g/mol. The molecule has 1 aliphatic carbocycles. The summed E-state index contributed by atoms with van der Waals surface area (Å²) in [4.78, 5) is 0.213. The van der Waals surface area contributed by atoms with Crippen LogP contribution in [0.25, 0.3) is 0 Å². The van der Waals surface area contributed by atoms with E-state index in [1.165, 1.54) is 6.26 Å². The standard InChI is InChI=1S/C11H16N2O2S/c1-16(14,15)10-6-8(2-3-9(10)13)11(7-12)4-5-11/h2-3,6H,4-5,7,12-13H2,1H3. The number of hydrogen-bond acceptors (Lipinski definition) is 4. The Morgan fingerprint density at radius 3 is 2.44 bits per heavy atom. The maximum Gasteiger partial charge on any atom is 0.177 e. The van der Waals surface area contributed by atoms with E-state index in [4.69, 9.17) is 11.5 Å². The monoisotopic (exact) mass is 240 g/mol. The SMILES string of the molecule is CS(=O)(=O)c1cc(C2(CN)CC2)ccc1N. The quantitative estimate of drug-likeness (QED) is 0.760. The number of hydrogen-bond donors (Lipinski definition) is 2. The van der Waals surface area contributed by atoms with Crippen molar-refractivity contribution in [3.05, 3.63) is 23.8 Å². The van der Waals surface area contributed by atoms with Crippen molar-refractivity contribution in [2.24, 2.45) is 5.73 Å². The molecule has 0 bridgehead atoms. The first-order valence-corrected chi connectivity index (χ1v) is 7.08. The summed E-state index contributed by atoms with van der Waals surface area (Å²) in [7, 11) is -3.26. The van der Waals surface area contributed by atoms with Gasteiger partial charge in [-0.25, -0.2) is 8.42 Å². The number of rotatable bonds is 3. The van der Waals surface area contributed by atoms with Crippen LogP contribution in [0.2, 0.25) is 0 Å². The highest BCUT2D eigenvalue weighted by Gasteiger charge is 2.43. The molecule has 0 aliphatic heterocycles. The minimum absolute atomic E-state index is 0.00681. The van der Waals surface area contributed by atoms with Crippen LogP contribution in [0.3, 0.4) is 0 Å². The van der Waals surface area contributed by atoms with E-state index < -0.39 is 9.84 Å². The summed E-state index contributed by atoms with van der Waals surface area (Å²) in [5.74, 6) is 0. The molecule has 5 heteroatoms. The molecule has 2 rings (SSSR count). The highest BCUT2D eigenvalue weighted by Crippen LogP contribution is 2.47. The Labute approximate surface area is 95.6 Å². The summed E-state index contributed by atoms with van der Waals surface area (Å²) in [5.41, 5.74) is 12.7. The smallest absolute Gasteiger partial charge is 0.177 e. The first-order valence-electron chi connectivity index (χ1n) is 5.19. The molecule has 0 heterocycles. The number of benzene rings is 1. The molecule has 1 fully saturated rings. The molecule has 0 unspecified atom stereocenters. The second kappa shape index (κ2) is 3.46. The summed E-state index contributed by atoms with van der Waals surface area (Å²) < 4.78 is 23.1. The van der Waals surface area contributed by atoms with Gasteiger partial charge in [0.15, 0.2) is 9.84 Å². The summed E-state index contributed by atoms with van der Waals surface area (Å²) in [5, 5.41) is 0. The van der Waals surface area contributed by atoms with Crippen LogP contribution in [0.5, 0.6) is 0 Å². The highest BCUT2D eigenvalue weighted by atomic mass is 32.2. The van der Waals surface area contributed by atoms with Crippen molar-refractivity contribution in [1.29, 1.82) is 0 Å². The Morgan fingerprint density at radius 2 is 2.00 bits per heavy atom. The molecule has 1 aliphatic rings. The molecular formula is C11H16N2O2S. The van der Waals surface area contributed by atoms with Crippen molar-refractivity contribution in [2.45, 2.75) is 23.2 Å². The largest absolute Gasteiger partial charge is 0.398 e. The number of anilines is 1. The lowest BCUT2D eigenvalue weighted by atomic mass is 9.96. The second-order valence-electron chi connectivity index (χ2n) is 4.51. The number of nitrogen functional groups attached to an aromatic ring is 1. The van der Waals surface area contributed by atoms with Crippen LogP contribution < -0.4 is 11.5 Å². The average Bonchev–Trinajstić information content (AvgIpc) is 2.97. The third-order valence-corrected chi connectivity index (χ3v) is 4.42. The lowest BCUT2D eigenvalue weighted by Crippen LogP contribution is -2.20. The molecule has 4 nitrogen and oxygen atoms in total. The van der Waals surface area contributed by atoms with Crippen molar-refractivity contribution < 1.29 is 8.42 Å². The van der Waals surface area contributed by atoms with E-state index in [0.717, 1.165) is 18.4 Å². The zero-order chi connectivity index (χ0) is 12.0. The van der Waals surface area contributed by atoms with Crippen LogP contribution in [-0.2, 0) is 15.3 Å². The maximum atomic E-state index is 11.5. The molecule has 16 heavy (non-hydrogen) atoms. The number of sulfone groups is 1. The van der Waals surface area contributed by atoms with Gasteiger partial charge in [0, 0.05) is 18.2 Å². The van der Waals surface area contributed by atoms with Gasteiger partial charge in [-0.3, -0.25) is 0 Å². The van der Waals surface area contributed by atoms with Gasteiger partial charge in [-0.2, -0.15) is 0 Å². The summed E-state index contributed by atoms with van der Waals surface area (Å²) in [6, 6.07) is 5.20. The molecule has 4 N–H and O–H groups in total. The summed E-state index contributed by atoms with van der Waals surface area (Å²) in [6.45, 7) is 0.556. The Balaban J connectivity index is 2.53. The van der Waals surface area contributed by atoms with Crippen LogP contribution in [0.4, 0.5) is 5.69 Å². The Hall–Kier alpha value is -1.07. The van der Waals surface area contributed by atoms with Gasteiger partial charge in [0.2, 0.25) is 0 Å². The van der Waals surface area contributed by atoms with Crippen molar-refractivity contribution in [3.63, 3.8) is 0 Å². The van der Waals surface area contributed by atoms with Gasteiger partial charge in [0.25, 0.3) is 0 Å². The van der Waals surface area contributed by atoms with Crippen LogP contribution >= 0.6 is 0 Å². The van der Waals surface area contributed by atoms with E-state index in [2.05, 4.69) is 0 Å². The highest BCUT2D eigenvalue weighted by molar-refractivity contribution is 7.90. The molecule has 1 aromatic carbocycles. The normalized spacial score (nSPS) is 18.4. The van der Waals surface area contributed by atoms with E-state index in [1.807, 2.05) is 6.07 Å². The molecule has 1 aromatic rings.